The normalized spacial score (nSPS) is 19.4. The van der Waals surface area contributed by atoms with Crippen molar-refractivity contribution in [1.82, 2.24) is 0 Å². The summed E-state index contributed by atoms with van der Waals surface area (Å²) in [5.74, 6) is 0.154. The molecule has 0 fully saturated rings. The molecule has 0 aromatic heterocycles. The van der Waals surface area contributed by atoms with Crippen LogP contribution in [0.25, 0.3) is 0 Å². The van der Waals surface area contributed by atoms with Crippen LogP contribution in [0.3, 0.4) is 0 Å². The second-order valence-electron chi connectivity index (χ2n) is 14.4. The second kappa shape index (κ2) is 22.0. The molecule has 48 heavy (non-hydrogen) atoms. The molecule has 1 aliphatic rings. The van der Waals surface area contributed by atoms with Gasteiger partial charge in [-0.25, -0.2) is 0 Å². The van der Waals surface area contributed by atoms with E-state index in [0.29, 0.717) is 30.8 Å². The number of ketones is 1. The van der Waals surface area contributed by atoms with Crippen LogP contribution in [0.5, 0.6) is 0 Å². The first-order valence-corrected chi connectivity index (χ1v) is 17.7. The Morgan fingerprint density at radius 2 is 1.40 bits per heavy atom. The van der Waals surface area contributed by atoms with Crippen molar-refractivity contribution in [2.24, 2.45) is 11.3 Å². The molecule has 3 heteroatoms. The smallest absolute Gasteiger partial charge is 0.306 e. The van der Waals surface area contributed by atoms with Gasteiger partial charge in [-0.2, -0.15) is 0 Å². The maximum Gasteiger partial charge on any atom is 0.306 e. The standard InChI is InChI=1S/C45H64O3/c1-13-19-43(46)48-42-32-45(11,12)41(40(10)44(42)47)29-28-36(6)25-17-23-34(4)21-14-15-22-35(5)24-18-27-38(8)31-39(9)30-37(7)26-16-20-33(2)3/h14-15,17-18,20-25,27-30,39,42H,13,16,19,26,31-32H2,1-12H3/b15-14+,23-17+,24-18+,29-28+,34-21+,35-22+,36-25+,37-30+,38-27+. The molecule has 0 aromatic carbocycles. The van der Waals surface area contributed by atoms with Crippen LogP contribution in [0, 0.1) is 11.3 Å². The zero-order chi connectivity index (χ0) is 36.3. The maximum absolute atomic E-state index is 12.9. The number of rotatable bonds is 17. The van der Waals surface area contributed by atoms with Crippen molar-refractivity contribution < 1.29 is 14.3 Å². The fraction of sp³-hybridized carbons (Fsp3) is 0.467. The lowest BCUT2D eigenvalue weighted by Crippen LogP contribution is -2.38. The second-order valence-corrected chi connectivity index (χ2v) is 14.4. The van der Waals surface area contributed by atoms with E-state index in [0.717, 1.165) is 36.0 Å². The summed E-state index contributed by atoms with van der Waals surface area (Å²) in [7, 11) is 0. The Bertz CT molecular complexity index is 1430. The predicted molar refractivity (Wildman–Crippen MR) is 209 cm³/mol. The van der Waals surface area contributed by atoms with E-state index in [1.165, 1.54) is 22.3 Å². The molecule has 1 rings (SSSR count). The van der Waals surface area contributed by atoms with Crippen LogP contribution in [0.4, 0.5) is 0 Å². The van der Waals surface area contributed by atoms with Crippen molar-refractivity contribution in [3.8, 4) is 0 Å². The minimum absolute atomic E-state index is 0.0908. The van der Waals surface area contributed by atoms with Crippen LogP contribution in [-0.2, 0) is 14.3 Å². The van der Waals surface area contributed by atoms with E-state index in [-0.39, 0.29) is 17.2 Å². The molecule has 0 amide bonds. The Kier molecular flexibility index (Phi) is 19.4. The molecule has 0 spiro atoms. The first-order chi connectivity index (χ1) is 22.5. The molecule has 0 bridgehead atoms. The van der Waals surface area contributed by atoms with E-state index in [9.17, 15) is 9.59 Å². The van der Waals surface area contributed by atoms with Crippen LogP contribution in [0.1, 0.15) is 122 Å². The molecule has 2 unspecified atom stereocenters. The highest BCUT2D eigenvalue weighted by Gasteiger charge is 2.39. The monoisotopic (exact) mass is 652 g/mol. The molecule has 0 radical (unpaired) electrons. The number of allylic oxidation sites excluding steroid dienone is 21. The van der Waals surface area contributed by atoms with Gasteiger partial charge in [-0.15, -0.1) is 0 Å². The number of esters is 1. The molecule has 0 aliphatic heterocycles. The maximum atomic E-state index is 12.9. The van der Waals surface area contributed by atoms with Gasteiger partial charge in [0.2, 0.25) is 0 Å². The van der Waals surface area contributed by atoms with Crippen LogP contribution >= 0.6 is 0 Å². The van der Waals surface area contributed by atoms with Crippen LogP contribution in [-0.4, -0.2) is 17.9 Å². The zero-order valence-electron chi connectivity index (χ0n) is 32.2. The third-order valence-electron chi connectivity index (χ3n) is 8.32. The van der Waals surface area contributed by atoms with Gasteiger partial charge in [-0.1, -0.05) is 146 Å². The van der Waals surface area contributed by atoms with Crippen molar-refractivity contribution in [3.05, 3.63) is 130 Å². The highest BCUT2D eigenvalue weighted by Crippen LogP contribution is 2.40. The Morgan fingerprint density at radius 3 is 1.98 bits per heavy atom. The number of hydrogen-bond acceptors (Lipinski definition) is 3. The summed E-state index contributed by atoms with van der Waals surface area (Å²) in [6.07, 6.45) is 34.1. The molecule has 3 nitrogen and oxygen atoms in total. The molecule has 0 N–H and O–H groups in total. The lowest BCUT2D eigenvalue weighted by Gasteiger charge is -2.36. The Hall–Kier alpha value is -3.72. The fourth-order valence-corrected chi connectivity index (χ4v) is 5.72. The van der Waals surface area contributed by atoms with Gasteiger partial charge in [-0.05, 0) is 104 Å². The number of carbonyl (C=O) groups excluding carboxylic acids is 2. The highest BCUT2D eigenvalue weighted by atomic mass is 16.5. The highest BCUT2D eigenvalue weighted by molar-refractivity contribution is 6.01. The number of Topliss-reactive ketones (excluding diaryl/α,β-unsaturated/α-hetero) is 1. The first kappa shape index (κ1) is 42.3. The minimum atomic E-state index is -0.694. The van der Waals surface area contributed by atoms with Crippen molar-refractivity contribution >= 4 is 11.8 Å². The summed E-state index contributed by atoms with van der Waals surface area (Å²) >= 11 is 0. The first-order valence-electron chi connectivity index (χ1n) is 17.7. The van der Waals surface area contributed by atoms with E-state index in [4.69, 9.17) is 4.74 Å². The number of carbonyl (C=O) groups is 2. The zero-order valence-corrected chi connectivity index (χ0v) is 32.2. The summed E-state index contributed by atoms with van der Waals surface area (Å²) in [6, 6.07) is 0. The molecular formula is C45H64O3. The number of ether oxygens (including phenoxy) is 1. The van der Waals surface area contributed by atoms with Gasteiger partial charge in [0.25, 0.3) is 0 Å². The summed E-state index contributed by atoms with van der Waals surface area (Å²) in [4.78, 5) is 25.0. The molecule has 0 aromatic rings. The largest absolute Gasteiger partial charge is 0.454 e. The quantitative estimate of drug-likeness (QED) is 0.0892. The third kappa shape index (κ3) is 17.4. The molecule has 262 valence electrons. The number of hydrogen-bond donors (Lipinski definition) is 0. The van der Waals surface area contributed by atoms with Gasteiger partial charge in [0.1, 0.15) is 0 Å². The van der Waals surface area contributed by atoms with Crippen LogP contribution in [0.2, 0.25) is 0 Å². The lowest BCUT2D eigenvalue weighted by atomic mass is 9.71. The molecular weight excluding hydrogens is 588 g/mol. The van der Waals surface area contributed by atoms with E-state index < -0.39 is 6.10 Å². The van der Waals surface area contributed by atoms with Crippen LogP contribution < -0.4 is 0 Å². The topological polar surface area (TPSA) is 43.4 Å². The Labute approximate surface area is 294 Å². The van der Waals surface area contributed by atoms with Crippen molar-refractivity contribution in [3.63, 3.8) is 0 Å². The van der Waals surface area contributed by atoms with Crippen molar-refractivity contribution in [2.45, 2.75) is 128 Å². The summed E-state index contributed by atoms with van der Waals surface area (Å²) in [5, 5.41) is 0. The Balaban J connectivity index is 2.71. The molecule has 1 aliphatic carbocycles. The van der Waals surface area contributed by atoms with Gasteiger partial charge in [0.05, 0.1) is 0 Å². The molecule has 0 heterocycles. The molecule has 2 atom stereocenters. The van der Waals surface area contributed by atoms with Gasteiger partial charge in [0, 0.05) is 12.8 Å². The van der Waals surface area contributed by atoms with Gasteiger partial charge in [0.15, 0.2) is 11.9 Å². The molecule has 0 saturated carbocycles. The fourth-order valence-electron chi connectivity index (χ4n) is 5.72. The van der Waals surface area contributed by atoms with Gasteiger partial charge in [-0.3, -0.25) is 9.59 Å². The molecule has 0 saturated heterocycles. The van der Waals surface area contributed by atoms with Crippen molar-refractivity contribution in [2.75, 3.05) is 0 Å². The van der Waals surface area contributed by atoms with Crippen LogP contribution in [0.15, 0.2) is 130 Å². The average molecular weight is 653 g/mol. The van der Waals surface area contributed by atoms with E-state index in [1.54, 1.807) is 0 Å². The van der Waals surface area contributed by atoms with E-state index in [1.807, 2.05) is 39.0 Å². The van der Waals surface area contributed by atoms with Gasteiger partial charge < -0.3 is 4.74 Å². The minimum Gasteiger partial charge on any atom is -0.454 e. The average Bonchev–Trinajstić information content (AvgIpc) is 2.97. The summed E-state index contributed by atoms with van der Waals surface area (Å²) < 4.78 is 5.51. The van der Waals surface area contributed by atoms with E-state index in [2.05, 4.69) is 129 Å². The lowest BCUT2D eigenvalue weighted by molar-refractivity contribution is -0.156. The Morgan fingerprint density at radius 1 is 0.833 bits per heavy atom. The van der Waals surface area contributed by atoms with Gasteiger partial charge >= 0.3 is 5.97 Å². The summed E-state index contributed by atoms with van der Waals surface area (Å²) in [6.45, 7) is 25.3. The third-order valence-corrected chi connectivity index (χ3v) is 8.32. The predicted octanol–water partition coefficient (Wildman–Crippen LogP) is 12.7. The summed E-state index contributed by atoms with van der Waals surface area (Å²) in [5.41, 5.74) is 9.09. The van der Waals surface area contributed by atoms with Crippen molar-refractivity contribution in [1.29, 1.82) is 0 Å². The SMILES string of the molecule is CCCC(=O)OC1CC(C)(C)C(/C=C/C(C)=C/C=C/C(C)=C/C=C/C=C(C)/C=C/C=C(\C)CC(C)/C=C(\C)CCC=C(C)C)=C(C)C1=O. The van der Waals surface area contributed by atoms with E-state index >= 15 is 0 Å².